The Balaban J connectivity index is 2.35. The predicted octanol–water partition coefficient (Wildman–Crippen LogP) is 3.18. The summed E-state index contributed by atoms with van der Waals surface area (Å²) in [5.74, 6) is -0.547. The van der Waals surface area contributed by atoms with Gasteiger partial charge in [-0.2, -0.15) is 0 Å². The molecule has 1 amide bonds. The number of aromatic nitrogens is 1. The van der Waals surface area contributed by atoms with E-state index in [1.165, 1.54) is 18.2 Å². The monoisotopic (exact) mass is 324 g/mol. The molecule has 0 radical (unpaired) electrons. The number of primary amides is 1. The first-order valence-corrected chi connectivity index (χ1v) is 6.16. The molecule has 2 rings (SSSR count). The van der Waals surface area contributed by atoms with Crippen LogP contribution in [0.4, 0.5) is 4.39 Å². The van der Waals surface area contributed by atoms with Crippen LogP contribution in [0.3, 0.4) is 0 Å². The average molecular weight is 325 g/mol. The Labute approximate surface area is 117 Å². The third-order valence-corrected chi connectivity index (χ3v) is 2.73. The van der Waals surface area contributed by atoms with Gasteiger partial charge in [-0.25, -0.2) is 9.37 Å². The second-order valence-electron chi connectivity index (χ2n) is 3.91. The number of hydrogen-bond donors (Lipinski definition) is 1. The number of halogens is 2. The van der Waals surface area contributed by atoms with Crippen LogP contribution in [0, 0.1) is 12.7 Å². The van der Waals surface area contributed by atoms with Crippen molar-refractivity contribution in [3.8, 4) is 11.6 Å². The van der Waals surface area contributed by atoms with Crippen LogP contribution in [0.15, 0.2) is 34.8 Å². The quantitative estimate of drug-likeness (QED) is 0.942. The van der Waals surface area contributed by atoms with E-state index in [0.717, 1.165) is 0 Å². The standard InChI is InChI=1S/C13H10BrFN2O2/c1-7-2-8(13(16)18)3-12(17-7)19-11-5-9(14)4-10(15)6-11/h2-6H,1H3,(H2,16,18). The predicted molar refractivity (Wildman–Crippen MR) is 71.7 cm³/mol. The molecule has 19 heavy (non-hydrogen) atoms. The average Bonchev–Trinajstić information content (AvgIpc) is 2.26. The molecule has 1 aromatic heterocycles. The molecule has 0 aliphatic rings. The molecule has 0 fully saturated rings. The molecule has 4 nitrogen and oxygen atoms in total. The van der Waals surface area contributed by atoms with Gasteiger partial charge in [-0.15, -0.1) is 0 Å². The van der Waals surface area contributed by atoms with Crippen LogP contribution in [0.2, 0.25) is 0 Å². The van der Waals surface area contributed by atoms with Crippen molar-refractivity contribution in [3.05, 3.63) is 51.9 Å². The molecule has 0 aliphatic carbocycles. The van der Waals surface area contributed by atoms with Crippen molar-refractivity contribution in [2.45, 2.75) is 6.92 Å². The van der Waals surface area contributed by atoms with Crippen molar-refractivity contribution >= 4 is 21.8 Å². The fourth-order valence-electron chi connectivity index (χ4n) is 1.54. The fraction of sp³-hybridized carbons (Fsp3) is 0.0769. The molecule has 6 heteroatoms. The Morgan fingerprint density at radius 3 is 2.68 bits per heavy atom. The molecule has 0 bridgehead atoms. The lowest BCUT2D eigenvalue weighted by atomic mass is 10.2. The van der Waals surface area contributed by atoms with Crippen LogP contribution in [-0.4, -0.2) is 10.9 Å². The number of aryl methyl sites for hydroxylation is 1. The summed E-state index contributed by atoms with van der Waals surface area (Å²) in [7, 11) is 0. The summed E-state index contributed by atoms with van der Waals surface area (Å²) < 4.78 is 19.2. The molecule has 0 atom stereocenters. The summed E-state index contributed by atoms with van der Waals surface area (Å²) in [5.41, 5.74) is 6.08. The van der Waals surface area contributed by atoms with Crippen LogP contribution in [0.1, 0.15) is 16.1 Å². The van der Waals surface area contributed by atoms with Gasteiger partial charge in [0.25, 0.3) is 0 Å². The van der Waals surface area contributed by atoms with Gasteiger partial charge in [-0.1, -0.05) is 15.9 Å². The number of carbonyl (C=O) groups is 1. The number of pyridine rings is 1. The molecule has 1 heterocycles. The van der Waals surface area contributed by atoms with Crippen LogP contribution >= 0.6 is 15.9 Å². The van der Waals surface area contributed by atoms with Gasteiger partial charge in [0, 0.05) is 27.9 Å². The van der Waals surface area contributed by atoms with Crippen molar-refractivity contribution in [3.63, 3.8) is 0 Å². The van der Waals surface area contributed by atoms with Gasteiger partial charge in [0.05, 0.1) is 0 Å². The minimum atomic E-state index is -0.573. The van der Waals surface area contributed by atoms with E-state index in [0.29, 0.717) is 10.2 Å². The largest absolute Gasteiger partial charge is 0.439 e. The van der Waals surface area contributed by atoms with Gasteiger partial charge in [0.2, 0.25) is 11.8 Å². The zero-order valence-electron chi connectivity index (χ0n) is 9.98. The first-order valence-electron chi connectivity index (χ1n) is 5.36. The van der Waals surface area contributed by atoms with Crippen LogP contribution < -0.4 is 10.5 Å². The molecule has 2 aromatic rings. The third kappa shape index (κ3) is 3.51. The van der Waals surface area contributed by atoms with E-state index in [2.05, 4.69) is 20.9 Å². The molecule has 0 unspecified atom stereocenters. The Morgan fingerprint density at radius 1 is 1.32 bits per heavy atom. The van der Waals surface area contributed by atoms with Crippen LogP contribution in [-0.2, 0) is 0 Å². The third-order valence-electron chi connectivity index (χ3n) is 2.27. The van der Waals surface area contributed by atoms with E-state index in [1.54, 1.807) is 19.1 Å². The highest BCUT2D eigenvalue weighted by Crippen LogP contribution is 2.25. The van der Waals surface area contributed by atoms with Gasteiger partial charge in [-0.3, -0.25) is 4.79 Å². The molecule has 0 spiro atoms. The Bertz CT molecular complexity index is 626. The van der Waals surface area contributed by atoms with E-state index in [1.807, 2.05) is 0 Å². The van der Waals surface area contributed by atoms with Crippen molar-refractivity contribution in [1.29, 1.82) is 0 Å². The van der Waals surface area contributed by atoms with E-state index < -0.39 is 11.7 Å². The number of benzene rings is 1. The zero-order chi connectivity index (χ0) is 14.0. The number of nitrogens with zero attached hydrogens (tertiary/aromatic N) is 1. The molecule has 0 saturated carbocycles. The van der Waals surface area contributed by atoms with Gasteiger partial charge in [0.1, 0.15) is 11.6 Å². The Hall–Kier alpha value is -1.95. The number of ether oxygens (including phenoxy) is 1. The second-order valence-corrected chi connectivity index (χ2v) is 4.82. The Morgan fingerprint density at radius 2 is 2.05 bits per heavy atom. The van der Waals surface area contributed by atoms with Crippen molar-refractivity contribution in [2.24, 2.45) is 5.73 Å². The van der Waals surface area contributed by atoms with E-state index in [-0.39, 0.29) is 17.2 Å². The first kappa shape index (κ1) is 13.5. The highest BCUT2D eigenvalue weighted by Gasteiger charge is 2.08. The molecular weight excluding hydrogens is 315 g/mol. The van der Waals surface area contributed by atoms with E-state index in [9.17, 15) is 9.18 Å². The Kier molecular flexibility index (Phi) is 3.80. The molecule has 0 aliphatic heterocycles. The minimum Gasteiger partial charge on any atom is -0.439 e. The topological polar surface area (TPSA) is 65.2 Å². The highest BCUT2D eigenvalue weighted by molar-refractivity contribution is 9.10. The van der Waals surface area contributed by atoms with Crippen molar-refractivity contribution in [1.82, 2.24) is 4.98 Å². The molecule has 2 N–H and O–H groups in total. The number of nitrogens with two attached hydrogens (primary N) is 1. The van der Waals surface area contributed by atoms with Crippen LogP contribution in [0.25, 0.3) is 0 Å². The number of hydrogen-bond acceptors (Lipinski definition) is 3. The van der Waals surface area contributed by atoms with Crippen LogP contribution in [0.5, 0.6) is 11.6 Å². The van der Waals surface area contributed by atoms with Gasteiger partial charge in [0.15, 0.2) is 0 Å². The first-order chi connectivity index (χ1) is 8.94. The summed E-state index contributed by atoms with van der Waals surface area (Å²) >= 11 is 3.16. The van der Waals surface area contributed by atoms with Gasteiger partial charge < -0.3 is 10.5 Å². The number of rotatable bonds is 3. The summed E-state index contributed by atoms with van der Waals surface area (Å²) in [6, 6.07) is 7.09. The summed E-state index contributed by atoms with van der Waals surface area (Å²) in [4.78, 5) is 15.2. The minimum absolute atomic E-state index is 0.186. The number of amides is 1. The maximum absolute atomic E-state index is 13.2. The lowest BCUT2D eigenvalue weighted by Gasteiger charge is -2.07. The maximum atomic E-state index is 13.2. The molecule has 1 aromatic carbocycles. The fourth-order valence-corrected chi connectivity index (χ4v) is 1.99. The highest BCUT2D eigenvalue weighted by atomic mass is 79.9. The SMILES string of the molecule is Cc1cc(C(N)=O)cc(Oc2cc(F)cc(Br)c2)n1. The van der Waals surface area contributed by atoms with Crippen molar-refractivity contribution < 1.29 is 13.9 Å². The normalized spacial score (nSPS) is 10.3. The van der Waals surface area contributed by atoms with E-state index in [4.69, 9.17) is 10.5 Å². The van der Waals surface area contributed by atoms with Crippen molar-refractivity contribution in [2.75, 3.05) is 0 Å². The zero-order valence-corrected chi connectivity index (χ0v) is 11.6. The summed E-state index contributed by atoms with van der Waals surface area (Å²) in [6.07, 6.45) is 0. The van der Waals surface area contributed by atoms with Gasteiger partial charge in [-0.05, 0) is 25.1 Å². The lowest BCUT2D eigenvalue weighted by molar-refractivity contribution is 0.0999. The lowest BCUT2D eigenvalue weighted by Crippen LogP contribution is -2.11. The number of carbonyl (C=O) groups excluding carboxylic acids is 1. The summed E-state index contributed by atoms with van der Waals surface area (Å²) in [5, 5.41) is 0. The van der Waals surface area contributed by atoms with E-state index >= 15 is 0 Å². The maximum Gasteiger partial charge on any atom is 0.248 e. The second kappa shape index (κ2) is 5.36. The molecule has 0 saturated heterocycles. The smallest absolute Gasteiger partial charge is 0.248 e. The molecule has 98 valence electrons. The molecular formula is C13H10BrFN2O2. The summed E-state index contributed by atoms with van der Waals surface area (Å²) in [6.45, 7) is 1.71. The van der Waals surface area contributed by atoms with Gasteiger partial charge >= 0.3 is 0 Å².